The van der Waals surface area contributed by atoms with Crippen molar-refractivity contribution >= 4 is 0 Å². The van der Waals surface area contributed by atoms with Crippen LogP contribution >= 0.6 is 0 Å². The van der Waals surface area contributed by atoms with Gasteiger partial charge in [0.25, 0.3) is 0 Å². The van der Waals surface area contributed by atoms with Crippen LogP contribution < -0.4 is 5.32 Å². The smallest absolute Gasteiger partial charge is 0.0703 e. The van der Waals surface area contributed by atoms with Gasteiger partial charge in [0.2, 0.25) is 0 Å². The van der Waals surface area contributed by atoms with Gasteiger partial charge in [0.15, 0.2) is 0 Å². The van der Waals surface area contributed by atoms with Crippen molar-refractivity contribution in [2.75, 3.05) is 19.6 Å². The molecule has 0 spiro atoms. The van der Waals surface area contributed by atoms with Crippen LogP contribution in [0.15, 0.2) is 0 Å². The van der Waals surface area contributed by atoms with Gasteiger partial charge in [-0.3, -0.25) is 4.90 Å². The van der Waals surface area contributed by atoms with Gasteiger partial charge in [0.1, 0.15) is 0 Å². The van der Waals surface area contributed by atoms with Crippen molar-refractivity contribution in [2.45, 2.75) is 38.8 Å². The van der Waals surface area contributed by atoms with E-state index in [2.05, 4.69) is 30.1 Å². The van der Waals surface area contributed by atoms with Gasteiger partial charge in [0.05, 0.1) is 11.5 Å². The second-order valence-corrected chi connectivity index (χ2v) is 5.05. The highest BCUT2D eigenvalue weighted by atomic mass is 15.2. The molecule has 2 atom stereocenters. The van der Waals surface area contributed by atoms with Gasteiger partial charge in [-0.25, -0.2) is 0 Å². The maximum absolute atomic E-state index is 9.03. The van der Waals surface area contributed by atoms with Crippen molar-refractivity contribution in [3.05, 3.63) is 0 Å². The minimum absolute atomic E-state index is 0.0246. The van der Waals surface area contributed by atoms with Crippen molar-refractivity contribution in [1.82, 2.24) is 10.2 Å². The quantitative estimate of drug-likeness (QED) is 0.710. The topological polar surface area (TPSA) is 39.1 Å². The lowest BCUT2D eigenvalue weighted by Crippen LogP contribution is -2.55. The molecule has 2 rings (SSSR count). The van der Waals surface area contributed by atoms with E-state index in [1.54, 1.807) is 0 Å². The van der Waals surface area contributed by atoms with E-state index in [1.807, 2.05) is 0 Å². The summed E-state index contributed by atoms with van der Waals surface area (Å²) in [4.78, 5) is 2.45. The summed E-state index contributed by atoms with van der Waals surface area (Å²) < 4.78 is 0. The van der Waals surface area contributed by atoms with Crippen molar-refractivity contribution in [3.63, 3.8) is 0 Å². The van der Waals surface area contributed by atoms with E-state index in [0.29, 0.717) is 12.1 Å². The molecule has 1 saturated heterocycles. The maximum Gasteiger partial charge on any atom is 0.0703 e. The third-order valence-electron chi connectivity index (χ3n) is 3.25. The van der Waals surface area contributed by atoms with Crippen LogP contribution in [0.25, 0.3) is 0 Å². The molecule has 1 heterocycles. The number of piperazine rings is 1. The van der Waals surface area contributed by atoms with Crippen LogP contribution in [0.4, 0.5) is 0 Å². The molecule has 0 aromatic heterocycles. The first-order valence-electron chi connectivity index (χ1n) is 5.53. The van der Waals surface area contributed by atoms with E-state index in [1.165, 1.54) is 0 Å². The molecule has 14 heavy (non-hydrogen) atoms. The standard InChI is InChI=1S/C11H19N3/c1-9-5-14(6-10(2)13-9)8-11(7-12)3-4-11/h9-10,13H,3-6,8H2,1-2H3. The Morgan fingerprint density at radius 3 is 2.36 bits per heavy atom. The molecule has 2 unspecified atom stereocenters. The second kappa shape index (κ2) is 3.52. The molecule has 3 nitrogen and oxygen atoms in total. The van der Waals surface area contributed by atoms with Crippen molar-refractivity contribution in [3.8, 4) is 6.07 Å². The molecule has 0 amide bonds. The molecule has 0 bridgehead atoms. The first-order valence-corrected chi connectivity index (χ1v) is 5.53. The fourth-order valence-electron chi connectivity index (χ4n) is 2.45. The van der Waals surface area contributed by atoms with E-state index in [-0.39, 0.29) is 5.41 Å². The first kappa shape index (κ1) is 9.95. The van der Waals surface area contributed by atoms with Crippen molar-refractivity contribution < 1.29 is 0 Å². The average Bonchev–Trinajstić information content (AvgIpc) is 2.83. The molecule has 1 N–H and O–H groups in total. The SMILES string of the molecule is CC1CN(CC2(C#N)CC2)CC(C)N1. The Morgan fingerprint density at radius 2 is 1.93 bits per heavy atom. The molecule has 2 aliphatic rings. The van der Waals surface area contributed by atoms with Crippen molar-refractivity contribution in [1.29, 1.82) is 5.26 Å². The summed E-state index contributed by atoms with van der Waals surface area (Å²) in [7, 11) is 0. The number of nitrogens with one attached hydrogen (secondary N) is 1. The fraction of sp³-hybridized carbons (Fsp3) is 0.909. The van der Waals surface area contributed by atoms with E-state index in [0.717, 1.165) is 32.5 Å². The number of hydrogen-bond acceptors (Lipinski definition) is 3. The largest absolute Gasteiger partial charge is 0.309 e. The molecular formula is C11H19N3. The molecular weight excluding hydrogens is 174 g/mol. The summed E-state index contributed by atoms with van der Waals surface area (Å²) in [5, 5.41) is 12.5. The van der Waals surface area contributed by atoms with Gasteiger partial charge < -0.3 is 5.32 Å². The summed E-state index contributed by atoms with van der Waals surface area (Å²) >= 11 is 0. The Hall–Kier alpha value is -0.590. The van der Waals surface area contributed by atoms with Crippen LogP contribution in [0.3, 0.4) is 0 Å². The van der Waals surface area contributed by atoms with Crippen LogP contribution in [0.1, 0.15) is 26.7 Å². The normalized spacial score (nSPS) is 36.4. The third kappa shape index (κ3) is 2.08. The van der Waals surface area contributed by atoms with Gasteiger partial charge in [-0.2, -0.15) is 5.26 Å². The van der Waals surface area contributed by atoms with Crippen LogP contribution in [0, 0.1) is 16.7 Å². The van der Waals surface area contributed by atoms with E-state index in [9.17, 15) is 0 Å². The van der Waals surface area contributed by atoms with Gasteiger partial charge in [-0.1, -0.05) is 0 Å². The molecule has 1 aliphatic heterocycles. The zero-order valence-corrected chi connectivity index (χ0v) is 9.08. The van der Waals surface area contributed by atoms with Crippen molar-refractivity contribution in [2.24, 2.45) is 5.41 Å². The third-order valence-corrected chi connectivity index (χ3v) is 3.25. The Bertz CT molecular complexity index is 242. The summed E-state index contributed by atoms with van der Waals surface area (Å²) in [6.07, 6.45) is 2.21. The summed E-state index contributed by atoms with van der Waals surface area (Å²) in [5.74, 6) is 0. The highest BCUT2D eigenvalue weighted by Gasteiger charge is 2.45. The highest BCUT2D eigenvalue weighted by molar-refractivity contribution is 5.11. The number of hydrogen-bond donors (Lipinski definition) is 1. The zero-order valence-electron chi connectivity index (χ0n) is 9.08. The monoisotopic (exact) mass is 193 g/mol. The van der Waals surface area contributed by atoms with Crippen LogP contribution in [-0.2, 0) is 0 Å². The Morgan fingerprint density at radius 1 is 1.36 bits per heavy atom. The van der Waals surface area contributed by atoms with Gasteiger partial charge in [-0.15, -0.1) is 0 Å². The molecule has 1 saturated carbocycles. The lowest BCUT2D eigenvalue weighted by Gasteiger charge is -2.37. The van der Waals surface area contributed by atoms with Crippen LogP contribution in [-0.4, -0.2) is 36.6 Å². The maximum atomic E-state index is 9.03. The number of rotatable bonds is 2. The molecule has 0 aromatic rings. The van der Waals surface area contributed by atoms with E-state index in [4.69, 9.17) is 5.26 Å². The first-order chi connectivity index (χ1) is 6.63. The summed E-state index contributed by atoms with van der Waals surface area (Å²) in [6.45, 7) is 7.60. The van der Waals surface area contributed by atoms with Gasteiger partial charge >= 0.3 is 0 Å². The van der Waals surface area contributed by atoms with E-state index < -0.39 is 0 Å². The summed E-state index contributed by atoms with van der Waals surface area (Å²) in [6, 6.07) is 3.59. The Labute approximate surface area is 86.1 Å². The predicted octanol–water partition coefficient (Wildman–Crippen LogP) is 0.972. The second-order valence-electron chi connectivity index (χ2n) is 5.05. The number of nitriles is 1. The van der Waals surface area contributed by atoms with E-state index >= 15 is 0 Å². The van der Waals surface area contributed by atoms with Crippen LogP contribution in [0.5, 0.6) is 0 Å². The molecule has 1 aliphatic carbocycles. The molecule has 3 heteroatoms. The Kier molecular flexibility index (Phi) is 2.50. The minimum Gasteiger partial charge on any atom is -0.309 e. The molecule has 78 valence electrons. The highest BCUT2D eigenvalue weighted by Crippen LogP contribution is 2.45. The lowest BCUT2D eigenvalue weighted by atomic mass is 10.1. The average molecular weight is 193 g/mol. The fourth-order valence-corrected chi connectivity index (χ4v) is 2.45. The molecule has 2 fully saturated rings. The molecule has 0 radical (unpaired) electrons. The number of nitrogens with zero attached hydrogens (tertiary/aromatic N) is 2. The minimum atomic E-state index is 0.0246. The lowest BCUT2D eigenvalue weighted by molar-refractivity contribution is 0.156. The zero-order chi connectivity index (χ0) is 10.2. The Balaban J connectivity index is 1.89. The summed E-state index contributed by atoms with van der Waals surface area (Å²) in [5.41, 5.74) is 0.0246. The van der Waals surface area contributed by atoms with Gasteiger partial charge in [0, 0.05) is 31.7 Å². The molecule has 0 aromatic carbocycles. The predicted molar refractivity (Wildman–Crippen MR) is 55.8 cm³/mol. The van der Waals surface area contributed by atoms with Crippen LogP contribution in [0.2, 0.25) is 0 Å². The van der Waals surface area contributed by atoms with Gasteiger partial charge in [-0.05, 0) is 26.7 Å².